The zero-order valence-corrected chi connectivity index (χ0v) is 10.6. The number of ether oxygens (including phenoxy) is 1. The molecule has 1 unspecified atom stereocenters. The van der Waals surface area contributed by atoms with Gasteiger partial charge in [-0.2, -0.15) is 0 Å². The average Bonchev–Trinajstić information content (AvgIpc) is 2.26. The topological polar surface area (TPSA) is 35.2 Å². The van der Waals surface area contributed by atoms with Crippen molar-refractivity contribution in [3.63, 3.8) is 0 Å². The van der Waals surface area contributed by atoms with Crippen LogP contribution in [-0.4, -0.2) is 12.6 Å². The highest BCUT2D eigenvalue weighted by atomic mass is 16.5. The predicted octanol–water partition coefficient (Wildman–Crippen LogP) is 3.00. The molecule has 0 aliphatic rings. The number of hydrogen-bond acceptors (Lipinski definition) is 2. The highest BCUT2D eigenvalue weighted by molar-refractivity contribution is 5.29. The summed E-state index contributed by atoms with van der Waals surface area (Å²) < 4.78 is 5.60. The van der Waals surface area contributed by atoms with E-state index >= 15 is 0 Å². The van der Waals surface area contributed by atoms with Gasteiger partial charge in [-0.3, -0.25) is 0 Å². The van der Waals surface area contributed by atoms with Crippen LogP contribution in [0.4, 0.5) is 0 Å². The van der Waals surface area contributed by atoms with Crippen LogP contribution >= 0.6 is 0 Å². The largest absolute Gasteiger partial charge is 0.494 e. The second kappa shape index (κ2) is 6.54. The van der Waals surface area contributed by atoms with Crippen molar-refractivity contribution in [3.8, 4) is 5.75 Å². The summed E-state index contributed by atoms with van der Waals surface area (Å²) >= 11 is 0. The molecule has 0 radical (unpaired) electrons. The van der Waals surface area contributed by atoms with Crippen LogP contribution in [-0.2, 0) is 6.42 Å². The van der Waals surface area contributed by atoms with Gasteiger partial charge in [-0.05, 0) is 36.5 Å². The number of hydrogen-bond donors (Lipinski definition) is 1. The Morgan fingerprint density at radius 3 is 2.69 bits per heavy atom. The van der Waals surface area contributed by atoms with Gasteiger partial charge < -0.3 is 10.5 Å². The number of benzene rings is 1. The molecule has 0 fully saturated rings. The third-order valence-corrected chi connectivity index (χ3v) is 2.70. The van der Waals surface area contributed by atoms with Crippen molar-refractivity contribution in [2.75, 3.05) is 6.61 Å². The van der Waals surface area contributed by atoms with Gasteiger partial charge in [-0.15, -0.1) is 0 Å². The van der Waals surface area contributed by atoms with E-state index in [0.29, 0.717) is 5.92 Å². The summed E-state index contributed by atoms with van der Waals surface area (Å²) in [4.78, 5) is 0. The van der Waals surface area contributed by atoms with Gasteiger partial charge in [-0.1, -0.05) is 32.9 Å². The third kappa shape index (κ3) is 4.23. The standard InChI is InChI=1S/C14H23NO/c1-4-8-16-13-7-5-6-12(9-13)10-14(15)11(2)3/h5-7,9,11,14H,4,8,10,15H2,1-3H3. The zero-order valence-electron chi connectivity index (χ0n) is 10.6. The summed E-state index contributed by atoms with van der Waals surface area (Å²) in [6.07, 6.45) is 1.96. The van der Waals surface area contributed by atoms with Crippen LogP contribution in [0.2, 0.25) is 0 Å². The number of rotatable bonds is 6. The van der Waals surface area contributed by atoms with Crippen molar-refractivity contribution in [2.45, 2.75) is 39.7 Å². The summed E-state index contributed by atoms with van der Waals surface area (Å²) in [6.45, 7) is 7.20. The van der Waals surface area contributed by atoms with Crippen molar-refractivity contribution in [2.24, 2.45) is 11.7 Å². The van der Waals surface area contributed by atoms with Crippen LogP contribution in [0.5, 0.6) is 5.75 Å². The summed E-state index contributed by atoms with van der Waals surface area (Å²) in [6, 6.07) is 8.47. The normalized spacial score (nSPS) is 12.8. The summed E-state index contributed by atoms with van der Waals surface area (Å²) in [5, 5.41) is 0. The summed E-state index contributed by atoms with van der Waals surface area (Å²) in [7, 11) is 0. The van der Waals surface area contributed by atoms with Crippen LogP contribution in [0.3, 0.4) is 0 Å². The first kappa shape index (κ1) is 13.0. The first-order chi connectivity index (χ1) is 7.63. The van der Waals surface area contributed by atoms with Gasteiger partial charge >= 0.3 is 0 Å². The van der Waals surface area contributed by atoms with Gasteiger partial charge in [0, 0.05) is 6.04 Å². The molecular formula is C14H23NO. The second-order valence-corrected chi connectivity index (χ2v) is 4.61. The third-order valence-electron chi connectivity index (χ3n) is 2.70. The fourth-order valence-corrected chi connectivity index (χ4v) is 1.49. The molecule has 0 aliphatic carbocycles. The first-order valence-electron chi connectivity index (χ1n) is 6.10. The quantitative estimate of drug-likeness (QED) is 0.801. The van der Waals surface area contributed by atoms with Gasteiger partial charge in [0.1, 0.15) is 5.75 Å². The molecule has 1 atom stereocenters. The molecule has 2 nitrogen and oxygen atoms in total. The van der Waals surface area contributed by atoms with Crippen molar-refractivity contribution < 1.29 is 4.74 Å². The monoisotopic (exact) mass is 221 g/mol. The molecule has 0 aromatic heterocycles. The molecule has 0 spiro atoms. The van der Waals surface area contributed by atoms with Crippen LogP contribution < -0.4 is 10.5 Å². The molecule has 2 N–H and O–H groups in total. The van der Waals surface area contributed by atoms with Gasteiger partial charge in [0.05, 0.1) is 6.61 Å². The SMILES string of the molecule is CCCOc1cccc(CC(N)C(C)C)c1. The molecular weight excluding hydrogens is 198 g/mol. The van der Waals surface area contributed by atoms with E-state index in [2.05, 4.69) is 32.9 Å². The fourth-order valence-electron chi connectivity index (χ4n) is 1.49. The molecule has 90 valence electrons. The maximum absolute atomic E-state index is 6.06. The van der Waals surface area contributed by atoms with E-state index in [9.17, 15) is 0 Å². The summed E-state index contributed by atoms with van der Waals surface area (Å²) in [5.41, 5.74) is 7.32. The van der Waals surface area contributed by atoms with Crippen LogP contribution in [0, 0.1) is 5.92 Å². The highest BCUT2D eigenvalue weighted by Crippen LogP contribution is 2.16. The van der Waals surface area contributed by atoms with Crippen LogP contribution in [0.25, 0.3) is 0 Å². The lowest BCUT2D eigenvalue weighted by Crippen LogP contribution is -2.28. The molecule has 16 heavy (non-hydrogen) atoms. The molecule has 0 aliphatic heterocycles. The molecule has 0 heterocycles. The minimum absolute atomic E-state index is 0.224. The predicted molar refractivity (Wildman–Crippen MR) is 68.7 cm³/mol. The van der Waals surface area contributed by atoms with E-state index in [-0.39, 0.29) is 6.04 Å². The maximum atomic E-state index is 6.06. The molecule has 0 bridgehead atoms. The van der Waals surface area contributed by atoms with Crippen molar-refractivity contribution >= 4 is 0 Å². The lowest BCUT2D eigenvalue weighted by atomic mass is 9.97. The lowest BCUT2D eigenvalue weighted by Gasteiger charge is -2.16. The van der Waals surface area contributed by atoms with Crippen molar-refractivity contribution in [1.82, 2.24) is 0 Å². The Labute approximate surface area is 98.8 Å². The molecule has 2 heteroatoms. The Morgan fingerprint density at radius 2 is 2.06 bits per heavy atom. The fraction of sp³-hybridized carbons (Fsp3) is 0.571. The molecule has 1 rings (SSSR count). The summed E-state index contributed by atoms with van der Waals surface area (Å²) in [5.74, 6) is 1.47. The van der Waals surface area contributed by atoms with E-state index in [1.165, 1.54) is 5.56 Å². The molecule has 0 saturated carbocycles. The van der Waals surface area contributed by atoms with Crippen molar-refractivity contribution in [1.29, 1.82) is 0 Å². The zero-order chi connectivity index (χ0) is 12.0. The molecule has 0 saturated heterocycles. The Bertz CT molecular complexity index is 309. The lowest BCUT2D eigenvalue weighted by molar-refractivity contribution is 0.317. The van der Waals surface area contributed by atoms with Gasteiger partial charge in [0.2, 0.25) is 0 Å². The van der Waals surface area contributed by atoms with E-state index < -0.39 is 0 Å². The molecule has 1 aromatic carbocycles. The Hall–Kier alpha value is -1.02. The Balaban J connectivity index is 2.59. The van der Waals surface area contributed by atoms with E-state index in [4.69, 9.17) is 10.5 Å². The van der Waals surface area contributed by atoms with E-state index in [1.54, 1.807) is 0 Å². The van der Waals surface area contributed by atoms with E-state index in [0.717, 1.165) is 25.2 Å². The van der Waals surface area contributed by atoms with Crippen molar-refractivity contribution in [3.05, 3.63) is 29.8 Å². The maximum Gasteiger partial charge on any atom is 0.119 e. The smallest absolute Gasteiger partial charge is 0.119 e. The van der Waals surface area contributed by atoms with Gasteiger partial charge in [0.25, 0.3) is 0 Å². The van der Waals surface area contributed by atoms with Crippen LogP contribution in [0.15, 0.2) is 24.3 Å². The molecule has 1 aromatic rings. The minimum atomic E-state index is 0.224. The Kier molecular flexibility index (Phi) is 5.33. The number of nitrogens with two attached hydrogens (primary N) is 1. The first-order valence-corrected chi connectivity index (χ1v) is 6.10. The highest BCUT2D eigenvalue weighted by Gasteiger charge is 2.08. The van der Waals surface area contributed by atoms with Gasteiger partial charge in [0.15, 0.2) is 0 Å². The molecule has 0 amide bonds. The van der Waals surface area contributed by atoms with Crippen LogP contribution in [0.1, 0.15) is 32.8 Å². The van der Waals surface area contributed by atoms with E-state index in [1.807, 2.05) is 12.1 Å². The van der Waals surface area contributed by atoms with Gasteiger partial charge in [-0.25, -0.2) is 0 Å². The second-order valence-electron chi connectivity index (χ2n) is 4.61. The minimum Gasteiger partial charge on any atom is -0.494 e. The Morgan fingerprint density at radius 1 is 1.31 bits per heavy atom. The average molecular weight is 221 g/mol.